The maximum absolute atomic E-state index is 13.0. The van der Waals surface area contributed by atoms with Crippen molar-refractivity contribution in [1.29, 1.82) is 0 Å². The lowest BCUT2D eigenvalue weighted by Gasteiger charge is -2.22. The van der Waals surface area contributed by atoms with Gasteiger partial charge in [0.25, 0.3) is 5.91 Å². The van der Waals surface area contributed by atoms with E-state index in [1.54, 1.807) is 11.3 Å². The summed E-state index contributed by atoms with van der Waals surface area (Å²) in [7, 11) is 0. The van der Waals surface area contributed by atoms with E-state index in [0.717, 1.165) is 52.9 Å². The van der Waals surface area contributed by atoms with Gasteiger partial charge in [-0.2, -0.15) is 5.10 Å². The standard InChI is InChI=1S/C22H29N5O3S/c1-13-17-10-18(31-21(17)27(25-13)16-5-3-2-4-6-16)20(29)24-15-8-7-14(9-15)12-26-19(28)11-23-22(26)30/h10,14-16H,2-9,11-12H2,1H3,(H,23,30)(H,24,29)/t14-,15-/m0/s1. The van der Waals surface area contributed by atoms with E-state index >= 15 is 0 Å². The number of carbonyl (C=O) groups is 3. The highest BCUT2D eigenvalue weighted by molar-refractivity contribution is 7.20. The van der Waals surface area contributed by atoms with Gasteiger partial charge in [-0.3, -0.25) is 19.2 Å². The number of hydrogen-bond acceptors (Lipinski definition) is 5. The van der Waals surface area contributed by atoms with Gasteiger partial charge in [-0.15, -0.1) is 11.3 Å². The summed E-state index contributed by atoms with van der Waals surface area (Å²) < 4.78 is 2.16. The summed E-state index contributed by atoms with van der Waals surface area (Å²) in [5.41, 5.74) is 0.991. The van der Waals surface area contributed by atoms with E-state index in [0.29, 0.717) is 12.6 Å². The van der Waals surface area contributed by atoms with E-state index in [1.807, 2.05) is 13.0 Å². The molecule has 2 N–H and O–H groups in total. The molecule has 166 valence electrons. The summed E-state index contributed by atoms with van der Waals surface area (Å²) in [6.07, 6.45) is 8.70. The minimum atomic E-state index is -0.301. The second-order valence-corrected chi connectivity index (χ2v) is 10.2. The van der Waals surface area contributed by atoms with Crippen LogP contribution in [0.15, 0.2) is 6.07 Å². The molecule has 2 atom stereocenters. The number of imide groups is 1. The largest absolute Gasteiger partial charge is 0.349 e. The van der Waals surface area contributed by atoms with Crippen LogP contribution in [0.5, 0.6) is 0 Å². The lowest BCUT2D eigenvalue weighted by molar-refractivity contribution is -0.125. The molecular formula is C22H29N5O3S. The fourth-order valence-corrected chi connectivity index (χ4v) is 6.42. The minimum absolute atomic E-state index is 0.0311. The van der Waals surface area contributed by atoms with E-state index < -0.39 is 0 Å². The molecule has 4 amide bonds. The molecule has 0 aromatic carbocycles. The van der Waals surface area contributed by atoms with E-state index in [9.17, 15) is 14.4 Å². The number of nitrogens with zero attached hydrogens (tertiary/aromatic N) is 3. The van der Waals surface area contributed by atoms with Crippen molar-refractivity contribution >= 4 is 39.4 Å². The third-order valence-electron chi connectivity index (χ3n) is 6.97. The zero-order valence-electron chi connectivity index (χ0n) is 17.9. The summed E-state index contributed by atoms with van der Waals surface area (Å²) in [5, 5.41) is 11.6. The molecule has 2 aliphatic carbocycles. The number of aryl methyl sites for hydroxylation is 1. The van der Waals surface area contributed by atoms with Crippen molar-refractivity contribution in [1.82, 2.24) is 25.3 Å². The number of carbonyl (C=O) groups excluding carboxylic acids is 3. The first-order valence-electron chi connectivity index (χ1n) is 11.4. The molecule has 2 aromatic heterocycles. The van der Waals surface area contributed by atoms with Gasteiger partial charge in [0.15, 0.2) is 0 Å². The molecule has 3 heterocycles. The maximum Gasteiger partial charge on any atom is 0.324 e. The van der Waals surface area contributed by atoms with E-state index in [2.05, 4.69) is 15.3 Å². The second kappa shape index (κ2) is 8.26. The van der Waals surface area contributed by atoms with Crippen molar-refractivity contribution in [3.8, 4) is 0 Å². The molecule has 1 aliphatic heterocycles. The molecule has 2 aromatic rings. The van der Waals surface area contributed by atoms with Crippen LogP contribution < -0.4 is 10.6 Å². The molecular weight excluding hydrogens is 414 g/mol. The average molecular weight is 444 g/mol. The highest BCUT2D eigenvalue weighted by Gasteiger charge is 2.34. The summed E-state index contributed by atoms with van der Waals surface area (Å²) in [4.78, 5) is 39.7. The first-order valence-corrected chi connectivity index (χ1v) is 12.2. The van der Waals surface area contributed by atoms with Crippen LogP contribution in [0, 0.1) is 12.8 Å². The Morgan fingerprint density at radius 3 is 2.77 bits per heavy atom. The highest BCUT2D eigenvalue weighted by Crippen LogP contribution is 2.36. The summed E-state index contributed by atoms with van der Waals surface area (Å²) in [6, 6.07) is 2.21. The molecule has 3 aliphatic rings. The first kappa shape index (κ1) is 20.5. The summed E-state index contributed by atoms with van der Waals surface area (Å²) >= 11 is 1.54. The predicted molar refractivity (Wildman–Crippen MR) is 118 cm³/mol. The maximum atomic E-state index is 13.0. The molecule has 1 saturated heterocycles. The van der Waals surface area contributed by atoms with Gasteiger partial charge in [-0.05, 0) is 51.0 Å². The lowest BCUT2D eigenvalue weighted by atomic mass is 9.96. The number of rotatable bonds is 5. The molecule has 8 nitrogen and oxygen atoms in total. The van der Waals surface area contributed by atoms with E-state index in [1.165, 1.54) is 24.2 Å². The predicted octanol–water partition coefficient (Wildman–Crippen LogP) is 3.36. The Bertz CT molecular complexity index is 1010. The Hall–Kier alpha value is -2.42. The van der Waals surface area contributed by atoms with Crippen molar-refractivity contribution in [2.24, 2.45) is 5.92 Å². The highest BCUT2D eigenvalue weighted by atomic mass is 32.1. The molecule has 9 heteroatoms. The monoisotopic (exact) mass is 443 g/mol. The van der Waals surface area contributed by atoms with Gasteiger partial charge in [0.1, 0.15) is 4.83 Å². The third-order valence-corrected chi connectivity index (χ3v) is 8.09. The normalized spacial score (nSPS) is 24.9. The number of thiophene rings is 1. The number of aromatic nitrogens is 2. The van der Waals surface area contributed by atoms with Gasteiger partial charge in [0.05, 0.1) is 23.2 Å². The van der Waals surface area contributed by atoms with Gasteiger partial charge < -0.3 is 10.6 Å². The Labute approximate surface area is 185 Å². The third kappa shape index (κ3) is 3.95. The Balaban J connectivity index is 1.23. The molecule has 0 spiro atoms. The van der Waals surface area contributed by atoms with Crippen LogP contribution >= 0.6 is 11.3 Å². The minimum Gasteiger partial charge on any atom is -0.349 e. The number of amides is 4. The fourth-order valence-electron chi connectivity index (χ4n) is 5.28. The quantitative estimate of drug-likeness (QED) is 0.693. The van der Waals surface area contributed by atoms with Gasteiger partial charge >= 0.3 is 6.03 Å². The van der Waals surface area contributed by atoms with Crippen LogP contribution in [0.3, 0.4) is 0 Å². The summed E-state index contributed by atoms with van der Waals surface area (Å²) in [5.74, 6) is 0.0455. The van der Waals surface area contributed by atoms with Crippen molar-refractivity contribution in [3.05, 3.63) is 16.6 Å². The fraction of sp³-hybridized carbons (Fsp3) is 0.636. The van der Waals surface area contributed by atoms with Crippen LogP contribution in [0.25, 0.3) is 10.2 Å². The Morgan fingerprint density at radius 2 is 2.03 bits per heavy atom. The number of hydrogen-bond donors (Lipinski definition) is 2. The van der Waals surface area contributed by atoms with Crippen molar-refractivity contribution in [2.45, 2.75) is 70.4 Å². The zero-order valence-corrected chi connectivity index (χ0v) is 18.7. The molecule has 5 rings (SSSR count). The first-order chi connectivity index (χ1) is 15.0. The van der Waals surface area contributed by atoms with Gasteiger partial charge in [-0.25, -0.2) is 4.79 Å². The smallest absolute Gasteiger partial charge is 0.324 e. The van der Waals surface area contributed by atoms with Crippen LogP contribution in [0.2, 0.25) is 0 Å². The van der Waals surface area contributed by atoms with Crippen LogP contribution in [0.4, 0.5) is 4.79 Å². The van der Waals surface area contributed by atoms with Crippen LogP contribution in [0.1, 0.15) is 72.8 Å². The summed E-state index contributed by atoms with van der Waals surface area (Å²) in [6.45, 7) is 2.55. The van der Waals surface area contributed by atoms with E-state index in [-0.39, 0.29) is 36.3 Å². The van der Waals surface area contributed by atoms with Crippen LogP contribution in [-0.4, -0.2) is 51.7 Å². The molecule has 0 radical (unpaired) electrons. The number of nitrogens with one attached hydrogen (secondary N) is 2. The van der Waals surface area contributed by atoms with Gasteiger partial charge in [0.2, 0.25) is 5.91 Å². The topological polar surface area (TPSA) is 96.3 Å². The Morgan fingerprint density at radius 1 is 1.23 bits per heavy atom. The van der Waals surface area contributed by atoms with Crippen molar-refractivity contribution < 1.29 is 14.4 Å². The van der Waals surface area contributed by atoms with E-state index in [4.69, 9.17) is 5.10 Å². The molecule has 2 saturated carbocycles. The van der Waals surface area contributed by atoms with Gasteiger partial charge in [0, 0.05) is 18.0 Å². The number of urea groups is 1. The van der Waals surface area contributed by atoms with Gasteiger partial charge in [-0.1, -0.05) is 19.3 Å². The average Bonchev–Trinajstić information content (AvgIpc) is 3.52. The van der Waals surface area contributed by atoms with Crippen molar-refractivity contribution in [2.75, 3.05) is 13.1 Å². The van der Waals surface area contributed by atoms with Crippen molar-refractivity contribution in [3.63, 3.8) is 0 Å². The molecule has 0 bridgehead atoms. The lowest BCUT2D eigenvalue weighted by Crippen LogP contribution is -2.36. The Kier molecular flexibility index (Phi) is 5.45. The molecule has 31 heavy (non-hydrogen) atoms. The molecule has 3 fully saturated rings. The zero-order chi connectivity index (χ0) is 21.5. The number of fused-ring (bicyclic) bond motifs is 1. The SMILES string of the molecule is Cc1nn(C2CCCCC2)c2sc(C(=O)N[C@H]3CC[C@H](CN4C(=O)CNC4=O)C3)cc12. The second-order valence-electron chi connectivity index (χ2n) is 9.16. The van der Waals surface area contributed by atoms with Crippen LogP contribution in [-0.2, 0) is 4.79 Å². The molecule has 0 unspecified atom stereocenters.